The summed E-state index contributed by atoms with van der Waals surface area (Å²) in [5, 5.41) is 4.70. The predicted molar refractivity (Wildman–Crippen MR) is 123 cm³/mol. The highest BCUT2D eigenvalue weighted by Crippen LogP contribution is 2.38. The molecular weight excluding hydrogens is 392 g/mol. The van der Waals surface area contributed by atoms with Crippen LogP contribution in [0.5, 0.6) is 0 Å². The summed E-state index contributed by atoms with van der Waals surface area (Å²) in [6.45, 7) is 7.06. The zero-order valence-corrected chi connectivity index (χ0v) is 18.4. The molecule has 1 aliphatic heterocycles. The highest BCUT2D eigenvalue weighted by molar-refractivity contribution is 7.25. The largest absolute Gasteiger partial charge is 0.370 e. The molecule has 5 nitrogen and oxygen atoms in total. The number of benzene rings is 1. The van der Waals surface area contributed by atoms with Gasteiger partial charge in [-0.15, -0.1) is 11.3 Å². The van der Waals surface area contributed by atoms with E-state index in [1.807, 2.05) is 0 Å². The number of nitrogens with zero attached hydrogens (tertiary/aromatic N) is 3. The van der Waals surface area contributed by atoms with Crippen molar-refractivity contribution in [2.75, 3.05) is 5.32 Å². The van der Waals surface area contributed by atoms with Crippen LogP contribution in [0.3, 0.4) is 0 Å². The number of fused-ring (bicyclic) bond motifs is 4. The summed E-state index contributed by atoms with van der Waals surface area (Å²) in [6, 6.07) is 13.1. The molecule has 0 unspecified atom stereocenters. The molecule has 1 aliphatic rings. The van der Waals surface area contributed by atoms with Gasteiger partial charge in [-0.1, -0.05) is 30.3 Å². The van der Waals surface area contributed by atoms with Gasteiger partial charge in [-0.25, -0.2) is 15.0 Å². The Balaban J connectivity index is 1.43. The summed E-state index contributed by atoms with van der Waals surface area (Å²) in [5.41, 5.74) is 4.49. The molecule has 0 saturated carbocycles. The van der Waals surface area contributed by atoms with Crippen LogP contribution >= 0.6 is 11.3 Å². The van der Waals surface area contributed by atoms with Crippen molar-refractivity contribution in [1.29, 1.82) is 0 Å². The Hall–Kier alpha value is -2.57. The Kier molecular flexibility index (Phi) is 4.91. The molecule has 0 bridgehead atoms. The highest BCUT2D eigenvalue weighted by Gasteiger charge is 2.28. The molecule has 0 amide bonds. The van der Waals surface area contributed by atoms with Gasteiger partial charge >= 0.3 is 0 Å². The van der Waals surface area contributed by atoms with Crippen molar-refractivity contribution in [1.82, 2.24) is 15.0 Å². The van der Waals surface area contributed by atoms with Crippen molar-refractivity contribution >= 4 is 37.6 Å². The van der Waals surface area contributed by atoms with Crippen molar-refractivity contribution < 1.29 is 4.74 Å². The number of hydrogen-bond acceptors (Lipinski definition) is 6. The minimum absolute atomic E-state index is 0.162. The summed E-state index contributed by atoms with van der Waals surface area (Å²) in [6.07, 6.45) is 4.57. The number of ether oxygens (including phenoxy) is 1. The molecule has 154 valence electrons. The van der Waals surface area contributed by atoms with Crippen LogP contribution in [0, 0.1) is 0 Å². The molecule has 0 radical (unpaired) electrons. The molecule has 1 atom stereocenters. The lowest BCUT2D eigenvalue weighted by molar-refractivity contribution is -0.0411. The molecule has 0 saturated heterocycles. The molecule has 1 N–H and O–H groups in total. The number of anilines is 1. The van der Waals surface area contributed by atoms with Gasteiger partial charge in [-0.05, 0) is 45.2 Å². The number of aromatic nitrogens is 3. The molecule has 30 heavy (non-hydrogen) atoms. The first-order valence-corrected chi connectivity index (χ1v) is 11.3. The van der Waals surface area contributed by atoms with E-state index in [0.717, 1.165) is 51.2 Å². The normalized spacial score (nSPS) is 16.5. The third kappa shape index (κ3) is 3.77. The van der Waals surface area contributed by atoms with E-state index in [4.69, 9.17) is 9.72 Å². The second kappa shape index (κ2) is 7.60. The maximum absolute atomic E-state index is 5.99. The third-order valence-corrected chi connectivity index (χ3v) is 6.81. The second-order valence-corrected chi connectivity index (χ2v) is 9.74. The summed E-state index contributed by atoms with van der Waals surface area (Å²) in [5.74, 6) is 0.901. The van der Waals surface area contributed by atoms with E-state index >= 15 is 0 Å². The molecule has 1 aromatic carbocycles. The maximum atomic E-state index is 5.99. The Morgan fingerprint density at radius 1 is 1.20 bits per heavy atom. The van der Waals surface area contributed by atoms with Crippen LogP contribution in [0.2, 0.25) is 0 Å². The molecule has 5 rings (SSSR count). The van der Waals surface area contributed by atoms with Crippen molar-refractivity contribution in [3.63, 3.8) is 0 Å². The van der Waals surface area contributed by atoms with Crippen LogP contribution in [0.25, 0.3) is 20.4 Å². The van der Waals surface area contributed by atoms with Crippen LogP contribution < -0.4 is 5.32 Å². The van der Waals surface area contributed by atoms with Gasteiger partial charge in [0.15, 0.2) is 0 Å². The Bertz CT molecular complexity index is 1200. The molecule has 3 aromatic heterocycles. The van der Waals surface area contributed by atoms with Gasteiger partial charge < -0.3 is 10.1 Å². The average Bonchev–Trinajstić information content (AvgIpc) is 3.09. The zero-order valence-electron chi connectivity index (χ0n) is 17.6. The van der Waals surface area contributed by atoms with Gasteiger partial charge in [0, 0.05) is 23.4 Å². The van der Waals surface area contributed by atoms with E-state index in [2.05, 4.69) is 72.5 Å². The maximum Gasteiger partial charge on any atom is 0.147 e. The van der Waals surface area contributed by atoms with E-state index < -0.39 is 0 Å². The standard InChI is InChI=1S/C24H26N4OS/c1-15(9-10-16-7-5-4-6-8-16)27-22-21-20(25-14-26-22)18-11-17-13-29-24(2,3)12-19(17)28-23(18)30-21/h4-8,11,14-15H,9-10,12-13H2,1-3H3,(H,25,26,27)/t15-/m0/s1. The fraction of sp³-hybridized carbons (Fsp3) is 0.375. The van der Waals surface area contributed by atoms with Gasteiger partial charge in [-0.2, -0.15) is 0 Å². The SMILES string of the molecule is C[C@@H](CCc1ccccc1)Nc1ncnc2c1sc1nc3c(cc12)COC(C)(C)C3. The number of nitrogens with one attached hydrogen (secondary N) is 1. The van der Waals surface area contributed by atoms with Gasteiger partial charge in [0.2, 0.25) is 0 Å². The number of thiophene rings is 1. The topological polar surface area (TPSA) is 59.9 Å². The minimum atomic E-state index is -0.162. The van der Waals surface area contributed by atoms with Crippen molar-refractivity contribution in [2.24, 2.45) is 0 Å². The summed E-state index contributed by atoms with van der Waals surface area (Å²) >= 11 is 1.68. The second-order valence-electron chi connectivity index (χ2n) is 8.74. The number of pyridine rings is 1. The van der Waals surface area contributed by atoms with Crippen molar-refractivity contribution in [3.8, 4) is 0 Å². The van der Waals surface area contributed by atoms with E-state index in [0.29, 0.717) is 12.6 Å². The molecule has 6 heteroatoms. The first-order valence-electron chi connectivity index (χ1n) is 10.5. The van der Waals surface area contributed by atoms with Crippen LogP contribution in [-0.4, -0.2) is 26.6 Å². The Morgan fingerprint density at radius 2 is 2.03 bits per heavy atom. The van der Waals surface area contributed by atoms with Crippen molar-refractivity contribution in [2.45, 2.75) is 58.3 Å². The van der Waals surface area contributed by atoms with E-state index in [1.54, 1.807) is 17.7 Å². The Morgan fingerprint density at radius 3 is 2.87 bits per heavy atom. The van der Waals surface area contributed by atoms with Crippen LogP contribution in [0.4, 0.5) is 5.82 Å². The van der Waals surface area contributed by atoms with Crippen LogP contribution in [0.15, 0.2) is 42.7 Å². The molecule has 4 aromatic rings. The molecule has 0 aliphatic carbocycles. The van der Waals surface area contributed by atoms with Gasteiger partial charge in [0.25, 0.3) is 0 Å². The lowest BCUT2D eigenvalue weighted by Gasteiger charge is -2.30. The molecular formula is C24H26N4OS. The number of rotatable bonds is 5. The van der Waals surface area contributed by atoms with E-state index in [9.17, 15) is 0 Å². The fourth-order valence-corrected chi connectivity index (χ4v) is 5.10. The van der Waals surface area contributed by atoms with Gasteiger partial charge in [0.1, 0.15) is 17.0 Å². The van der Waals surface area contributed by atoms with Crippen LogP contribution in [0.1, 0.15) is 44.0 Å². The molecule has 4 heterocycles. The summed E-state index contributed by atoms with van der Waals surface area (Å²) < 4.78 is 7.07. The number of hydrogen-bond donors (Lipinski definition) is 1. The van der Waals surface area contributed by atoms with Gasteiger partial charge in [0.05, 0.1) is 28.1 Å². The lowest BCUT2D eigenvalue weighted by atomic mass is 9.95. The lowest BCUT2D eigenvalue weighted by Crippen LogP contribution is -2.32. The first-order chi connectivity index (χ1) is 14.5. The molecule has 0 spiro atoms. The fourth-order valence-electron chi connectivity index (χ4n) is 4.02. The monoisotopic (exact) mass is 418 g/mol. The summed E-state index contributed by atoms with van der Waals surface area (Å²) in [4.78, 5) is 15.2. The summed E-state index contributed by atoms with van der Waals surface area (Å²) in [7, 11) is 0. The minimum Gasteiger partial charge on any atom is -0.370 e. The third-order valence-electron chi connectivity index (χ3n) is 5.72. The quantitative estimate of drug-likeness (QED) is 0.462. The van der Waals surface area contributed by atoms with Crippen molar-refractivity contribution in [3.05, 3.63) is 59.5 Å². The van der Waals surface area contributed by atoms with Crippen LogP contribution in [-0.2, 0) is 24.2 Å². The van der Waals surface area contributed by atoms with E-state index in [-0.39, 0.29) is 5.60 Å². The van der Waals surface area contributed by atoms with E-state index in [1.165, 1.54) is 11.1 Å². The first kappa shape index (κ1) is 19.4. The zero-order chi connectivity index (χ0) is 20.7. The molecule has 0 fully saturated rings. The predicted octanol–water partition coefficient (Wildman–Crippen LogP) is 5.52. The van der Waals surface area contributed by atoms with Gasteiger partial charge in [-0.3, -0.25) is 0 Å². The average molecular weight is 419 g/mol. The highest BCUT2D eigenvalue weighted by atomic mass is 32.1. The smallest absolute Gasteiger partial charge is 0.147 e. The Labute approximate surface area is 180 Å². The number of aryl methyl sites for hydroxylation is 1.